The van der Waals surface area contributed by atoms with Crippen molar-refractivity contribution in [2.24, 2.45) is 0 Å². The van der Waals surface area contributed by atoms with Gasteiger partial charge in [-0.1, -0.05) is 11.6 Å². The van der Waals surface area contributed by atoms with Crippen molar-refractivity contribution in [3.63, 3.8) is 0 Å². The lowest BCUT2D eigenvalue weighted by atomic mass is 10.1. The van der Waals surface area contributed by atoms with Crippen LogP contribution in [0.3, 0.4) is 0 Å². The first-order chi connectivity index (χ1) is 9.29. The van der Waals surface area contributed by atoms with Crippen LogP contribution in [0.4, 0.5) is 5.69 Å². The smallest absolute Gasteiger partial charge is 0.142 e. The summed E-state index contributed by atoms with van der Waals surface area (Å²) in [5, 5.41) is 1.61. The van der Waals surface area contributed by atoms with E-state index in [2.05, 4.69) is 9.88 Å². The molecule has 2 heterocycles. The van der Waals surface area contributed by atoms with E-state index in [1.807, 2.05) is 12.1 Å². The molecule has 3 rings (SSSR count). The average Bonchev–Trinajstić information content (AvgIpc) is 2.47. The van der Waals surface area contributed by atoms with Gasteiger partial charge >= 0.3 is 0 Å². The van der Waals surface area contributed by atoms with Crippen LogP contribution >= 0.6 is 11.6 Å². The molecule has 5 heteroatoms. The van der Waals surface area contributed by atoms with Crippen LogP contribution in [0.15, 0.2) is 24.4 Å². The van der Waals surface area contributed by atoms with E-state index in [-0.39, 0.29) is 0 Å². The van der Waals surface area contributed by atoms with Crippen molar-refractivity contribution in [1.29, 1.82) is 0 Å². The highest BCUT2D eigenvalue weighted by atomic mass is 35.5. The Kier molecular flexibility index (Phi) is 3.44. The van der Waals surface area contributed by atoms with Crippen LogP contribution in [0.2, 0.25) is 5.02 Å². The summed E-state index contributed by atoms with van der Waals surface area (Å²) in [5.41, 5.74) is 1.93. The van der Waals surface area contributed by atoms with E-state index in [0.29, 0.717) is 5.02 Å². The molecule has 2 aromatic rings. The Bertz CT molecular complexity index is 597. The summed E-state index contributed by atoms with van der Waals surface area (Å²) in [7, 11) is 1.68. The molecule has 1 aromatic carbocycles. The monoisotopic (exact) mass is 278 g/mol. The molecule has 0 amide bonds. The van der Waals surface area contributed by atoms with Gasteiger partial charge in [-0.05, 0) is 18.2 Å². The largest absolute Gasteiger partial charge is 0.495 e. The molecule has 0 aliphatic carbocycles. The van der Waals surface area contributed by atoms with Gasteiger partial charge in [0, 0.05) is 24.7 Å². The van der Waals surface area contributed by atoms with E-state index >= 15 is 0 Å². The number of benzene rings is 1. The fourth-order valence-corrected chi connectivity index (χ4v) is 2.55. The van der Waals surface area contributed by atoms with Gasteiger partial charge in [0.1, 0.15) is 5.75 Å². The zero-order valence-corrected chi connectivity index (χ0v) is 11.5. The van der Waals surface area contributed by atoms with Crippen LogP contribution in [0.5, 0.6) is 5.75 Å². The maximum atomic E-state index is 6.19. The summed E-state index contributed by atoms with van der Waals surface area (Å²) >= 11 is 6.19. The normalized spacial score (nSPS) is 15.8. The van der Waals surface area contributed by atoms with Crippen molar-refractivity contribution in [3.8, 4) is 5.75 Å². The lowest BCUT2D eigenvalue weighted by molar-refractivity contribution is 0.122. The van der Waals surface area contributed by atoms with E-state index in [0.717, 1.165) is 48.6 Å². The predicted octanol–water partition coefficient (Wildman–Crippen LogP) is 2.73. The number of morpholine rings is 1. The number of nitrogens with zero attached hydrogens (tertiary/aromatic N) is 2. The standard InChI is InChI=1S/C14H15ClN2O2/c1-18-14-8-10-11(15)2-3-16-12(10)9-13(14)17-4-6-19-7-5-17/h2-3,8-9H,4-7H2,1H3. The van der Waals surface area contributed by atoms with E-state index in [1.54, 1.807) is 19.4 Å². The van der Waals surface area contributed by atoms with Crippen molar-refractivity contribution >= 4 is 28.2 Å². The minimum absolute atomic E-state index is 0.692. The van der Waals surface area contributed by atoms with E-state index in [1.165, 1.54) is 0 Å². The molecule has 1 fully saturated rings. The molecule has 0 N–H and O–H groups in total. The average molecular weight is 279 g/mol. The van der Waals surface area contributed by atoms with Gasteiger partial charge in [-0.3, -0.25) is 4.98 Å². The zero-order chi connectivity index (χ0) is 13.2. The first-order valence-corrected chi connectivity index (χ1v) is 6.62. The summed E-state index contributed by atoms with van der Waals surface area (Å²) in [4.78, 5) is 6.63. The molecule has 1 aliphatic rings. The van der Waals surface area contributed by atoms with Crippen LogP contribution in [0.25, 0.3) is 10.9 Å². The second kappa shape index (κ2) is 5.23. The maximum absolute atomic E-state index is 6.19. The molecule has 0 atom stereocenters. The van der Waals surface area contributed by atoms with Gasteiger partial charge in [0.2, 0.25) is 0 Å². The Morgan fingerprint density at radius 3 is 2.84 bits per heavy atom. The zero-order valence-electron chi connectivity index (χ0n) is 10.7. The van der Waals surface area contributed by atoms with Crippen molar-refractivity contribution < 1.29 is 9.47 Å². The molecule has 1 saturated heterocycles. The Hall–Kier alpha value is -1.52. The summed E-state index contributed by atoms with van der Waals surface area (Å²) < 4.78 is 10.9. The van der Waals surface area contributed by atoms with Crippen LogP contribution in [-0.2, 0) is 4.74 Å². The number of hydrogen-bond donors (Lipinski definition) is 0. The molecule has 19 heavy (non-hydrogen) atoms. The molecule has 0 spiro atoms. The summed E-state index contributed by atoms with van der Waals surface area (Å²) in [6.45, 7) is 3.21. The molecule has 0 bridgehead atoms. The number of halogens is 1. The van der Waals surface area contributed by atoms with Crippen LogP contribution < -0.4 is 9.64 Å². The van der Waals surface area contributed by atoms with Crippen molar-refractivity contribution in [3.05, 3.63) is 29.4 Å². The molecule has 1 aromatic heterocycles. The Labute approximate surface area is 116 Å². The quantitative estimate of drug-likeness (QED) is 0.846. The van der Waals surface area contributed by atoms with Crippen molar-refractivity contribution in [2.75, 3.05) is 38.3 Å². The highest BCUT2D eigenvalue weighted by Crippen LogP contribution is 2.35. The van der Waals surface area contributed by atoms with Gasteiger partial charge in [0.05, 0.1) is 36.6 Å². The summed E-state index contributed by atoms with van der Waals surface area (Å²) in [6, 6.07) is 5.78. The highest BCUT2D eigenvalue weighted by molar-refractivity contribution is 6.35. The number of pyridine rings is 1. The highest BCUT2D eigenvalue weighted by Gasteiger charge is 2.17. The van der Waals surface area contributed by atoms with Gasteiger partial charge in [0.25, 0.3) is 0 Å². The minimum Gasteiger partial charge on any atom is -0.495 e. The van der Waals surface area contributed by atoms with Gasteiger partial charge in [-0.2, -0.15) is 0 Å². The van der Waals surface area contributed by atoms with E-state index in [9.17, 15) is 0 Å². The fourth-order valence-electron chi connectivity index (χ4n) is 2.34. The second-order valence-electron chi connectivity index (χ2n) is 4.43. The third-order valence-electron chi connectivity index (χ3n) is 3.34. The Morgan fingerprint density at radius 1 is 1.32 bits per heavy atom. The van der Waals surface area contributed by atoms with Crippen LogP contribution in [0, 0.1) is 0 Å². The number of hydrogen-bond acceptors (Lipinski definition) is 4. The maximum Gasteiger partial charge on any atom is 0.142 e. The third kappa shape index (κ3) is 2.33. The molecule has 4 nitrogen and oxygen atoms in total. The molecule has 0 radical (unpaired) electrons. The van der Waals surface area contributed by atoms with Crippen molar-refractivity contribution in [1.82, 2.24) is 4.98 Å². The lowest BCUT2D eigenvalue weighted by Crippen LogP contribution is -2.36. The van der Waals surface area contributed by atoms with E-state index < -0.39 is 0 Å². The topological polar surface area (TPSA) is 34.6 Å². The Balaban J connectivity index is 2.12. The molecule has 1 aliphatic heterocycles. The number of fused-ring (bicyclic) bond motifs is 1. The van der Waals surface area contributed by atoms with Gasteiger partial charge in [0.15, 0.2) is 0 Å². The molecule has 0 saturated carbocycles. The van der Waals surface area contributed by atoms with E-state index in [4.69, 9.17) is 21.1 Å². The van der Waals surface area contributed by atoms with Gasteiger partial charge in [-0.15, -0.1) is 0 Å². The molecule has 0 unspecified atom stereocenters. The Morgan fingerprint density at radius 2 is 2.11 bits per heavy atom. The second-order valence-corrected chi connectivity index (χ2v) is 4.84. The number of rotatable bonds is 2. The number of aromatic nitrogens is 1. The first-order valence-electron chi connectivity index (χ1n) is 6.24. The van der Waals surface area contributed by atoms with Crippen LogP contribution in [0.1, 0.15) is 0 Å². The fraction of sp³-hybridized carbons (Fsp3) is 0.357. The van der Waals surface area contributed by atoms with Crippen LogP contribution in [-0.4, -0.2) is 38.4 Å². The lowest BCUT2D eigenvalue weighted by Gasteiger charge is -2.30. The molecular weight excluding hydrogens is 264 g/mol. The van der Waals surface area contributed by atoms with Crippen molar-refractivity contribution in [2.45, 2.75) is 0 Å². The third-order valence-corrected chi connectivity index (χ3v) is 3.67. The number of ether oxygens (including phenoxy) is 2. The minimum atomic E-state index is 0.692. The van der Waals surface area contributed by atoms with Gasteiger partial charge < -0.3 is 14.4 Å². The van der Waals surface area contributed by atoms with Gasteiger partial charge in [-0.25, -0.2) is 0 Å². The summed E-state index contributed by atoms with van der Waals surface area (Å²) in [5.74, 6) is 0.823. The molecule has 100 valence electrons. The summed E-state index contributed by atoms with van der Waals surface area (Å²) in [6.07, 6.45) is 1.72. The number of anilines is 1. The molecular formula is C14H15ClN2O2. The predicted molar refractivity (Wildman–Crippen MR) is 76.3 cm³/mol. The first kappa shape index (κ1) is 12.5. The number of methoxy groups -OCH3 is 1. The SMILES string of the molecule is COc1cc2c(Cl)ccnc2cc1N1CCOCC1.